The van der Waals surface area contributed by atoms with Crippen molar-refractivity contribution in [1.29, 1.82) is 0 Å². The van der Waals surface area contributed by atoms with Crippen molar-refractivity contribution in [3.05, 3.63) is 29.8 Å². The number of nitrogens with two attached hydrogens (primary N) is 2. The van der Waals surface area contributed by atoms with Gasteiger partial charge in [-0.2, -0.15) is 4.99 Å². The second kappa shape index (κ2) is 9.82. The predicted molar refractivity (Wildman–Crippen MR) is 136 cm³/mol. The average Bonchev–Trinajstić information content (AvgIpc) is 2.78. The summed E-state index contributed by atoms with van der Waals surface area (Å²) in [6.07, 6.45) is 6.03. The maximum atomic E-state index is 12.3. The van der Waals surface area contributed by atoms with Gasteiger partial charge in [-0.15, -0.1) is 0 Å². The van der Waals surface area contributed by atoms with Crippen molar-refractivity contribution in [3.63, 3.8) is 0 Å². The molecule has 1 aliphatic carbocycles. The van der Waals surface area contributed by atoms with Crippen LogP contribution in [0.3, 0.4) is 0 Å². The molecule has 9 heteroatoms. The van der Waals surface area contributed by atoms with Crippen LogP contribution in [0.25, 0.3) is 0 Å². The number of hydrogen-bond donors (Lipinski definition) is 2. The lowest BCUT2D eigenvalue weighted by Crippen LogP contribution is -2.58. The molecule has 0 atom stereocenters. The Morgan fingerprint density at radius 1 is 1.03 bits per heavy atom. The van der Waals surface area contributed by atoms with Gasteiger partial charge in [-0.1, -0.05) is 18.6 Å². The van der Waals surface area contributed by atoms with Crippen LogP contribution >= 0.6 is 0 Å². The van der Waals surface area contributed by atoms with Crippen molar-refractivity contribution in [2.75, 3.05) is 37.6 Å². The fourth-order valence-corrected chi connectivity index (χ4v) is 5.07. The first-order chi connectivity index (χ1) is 16.2. The van der Waals surface area contributed by atoms with Crippen molar-refractivity contribution >= 4 is 23.7 Å². The van der Waals surface area contributed by atoms with Gasteiger partial charge in [0.05, 0.1) is 0 Å². The van der Waals surface area contributed by atoms with E-state index in [4.69, 9.17) is 21.2 Å². The van der Waals surface area contributed by atoms with Crippen LogP contribution in [0.4, 0.5) is 10.5 Å². The van der Waals surface area contributed by atoms with E-state index in [1.807, 2.05) is 20.8 Å². The molecule has 2 heterocycles. The lowest BCUT2D eigenvalue weighted by Gasteiger charge is -2.45. The van der Waals surface area contributed by atoms with Crippen LogP contribution in [-0.4, -0.2) is 71.8 Å². The van der Waals surface area contributed by atoms with Gasteiger partial charge >= 0.3 is 6.09 Å². The zero-order valence-electron chi connectivity index (χ0n) is 20.8. The summed E-state index contributed by atoms with van der Waals surface area (Å²) in [5.74, 6) is 0.698. The number of nitrogens with zero attached hydrogens (tertiary/aromatic N) is 5. The number of aliphatic imine (C=N–C) groups is 2. The van der Waals surface area contributed by atoms with Crippen molar-refractivity contribution in [2.24, 2.45) is 21.5 Å². The van der Waals surface area contributed by atoms with Gasteiger partial charge < -0.3 is 21.1 Å². The molecule has 1 aromatic rings. The van der Waals surface area contributed by atoms with Gasteiger partial charge in [0.2, 0.25) is 11.9 Å². The van der Waals surface area contributed by atoms with Crippen molar-refractivity contribution in [1.82, 2.24) is 9.80 Å². The molecule has 0 bridgehead atoms. The summed E-state index contributed by atoms with van der Waals surface area (Å²) < 4.78 is 5.49. The first-order valence-corrected chi connectivity index (χ1v) is 12.4. The molecule has 34 heavy (non-hydrogen) atoms. The standard InChI is InChI=1S/C25H39N7O2/c1-24(2,3)34-23(33)31-17-15-30(16-18-31)14-11-19-7-9-20(10-8-19)32-22(27)28-21(26)29-25(32)12-5-4-6-13-25/h7-10H,4-6,11-18H2,1-3H3,(H4,26,27,28,29). The molecule has 1 aromatic carbocycles. The highest BCUT2D eigenvalue weighted by molar-refractivity contribution is 6.05. The van der Waals surface area contributed by atoms with Crippen LogP contribution in [0.1, 0.15) is 58.4 Å². The number of guanidine groups is 2. The quantitative estimate of drug-likeness (QED) is 0.701. The van der Waals surface area contributed by atoms with Crippen LogP contribution in [0.5, 0.6) is 0 Å². The van der Waals surface area contributed by atoms with Crippen LogP contribution in [-0.2, 0) is 11.2 Å². The Balaban J connectivity index is 1.32. The molecule has 4 rings (SSSR count). The zero-order chi connectivity index (χ0) is 24.3. The molecule has 2 fully saturated rings. The summed E-state index contributed by atoms with van der Waals surface area (Å²) in [5.41, 5.74) is 13.7. The monoisotopic (exact) mass is 469 g/mol. The molecule has 1 saturated carbocycles. The molecule has 3 aliphatic rings. The predicted octanol–water partition coefficient (Wildman–Crippen LogP) is 2.89. The summed E-state index contributed by atoms with van der Waals surface area (Å²) >= 11 is 0. The van der Waals surface area contributed by atoms with E-state index in [1.165, 1.54) is 12.0 Å². The van der Waals surface area contributed by atoms with E-state index in [-0.39, 0.29) is 12.1 Å². The highest BCUT2D eigenvalue weighted by Gasteiger charge is 2.42. The molecule has 0 unspecified atom stereocenters. The summed E-state index contributed by atoms with van der Waals surface area (Å²) in [6.45, 7) is 9.78. The molecule has 1 saturated heterocycles. The molecular formula is C25H39N7O2. The second-order valence-corrected chi connectivity index (χ2v) is 10.5. The van der Waals surface area contributed by atoms with E-state index in [2.05, 4.69) is 39.1 Å². The minimum atomic E-state index is -0.458. The number of anilines is 1. The Kier molecular flexibility index (Phi) is 7.02. The molecule has 4 N–H and O–H groups in total. The third-order valence-electron chi connectivity index (χ3n) is 6.79. The number of carbonyl (C=O) groups excluding carboxylic acids is 1. The Hall–Kier alpha value is -2.81. The van der Waals surface area contributed by atoms with Gasteiger partial charge in [0.15, 0.2) is 0 Å². The number of amides is 1. The average molecular weight is 470 g/mol. The summed E-state index contributed by atoms with van der Waals surface area (Å²) in [5, 5.41) is 0. The second-order valence-electron chi connectivity index (χ2n) is 10.5. The van der Waals surface area contributed by atoms with Gasteiger partial charge in [0.25, 0.3) is 0 Å². The molecule has 2 aliphatic heterocycles. The van der Waals surface area contributed by atoms with Crippen LogP contribution in [0.2, 0.25) is 0 Å². The molecule has 9 nitrogen and oxygen atoms in total. The number of benzene rings is 1. The Labute approximate surface area is 202 Å². The lowest BCUT2D eigenvalue weighted by atomic mass is 9.87. The minimum Gasteiger partial charge on any atom is -0.444 e. The van der Waals surface area contributed by atoms with Gasteiger partial charge in [-0.3, -0.25) is 9.80 Å². The number of carbonyl (C=O) groups is 1. The summed E-state index contributed by atoms with van der Waals surface area (Å²) in [4.78, 5) is 27.5. The van der Waals surface area contributed by atoms with E-state index in [0.29, 0.717) is 19.0 Å². The number of ether oxygens (including phenoxy) is 1. The third kappa shape index (κ3) is 5.63. The summed E-state index contributed by atoms with van der Waals surface area (Å²) in [7, 11) is 0. The normalized spacial score (nSPS) is 21.3. The lowest BCUT2D eigenvalue weighted by molar-refractivity contribution is 0.0146. The maximum absolute atomic E-state index is 12.3. The Morgan fingerprint density at radius 3 is 2.29 bits per heavy atom. The molecule has 1 spiro atoms. The first kappa shape index (κ1) is 24.3. The smallest absolute Gasteiger partial charge is 0.410 e. The Bertz CT molecular complexity index is 922. The number of hydrogen-bond acceptors (Lipinski definition) is 8. The number of piperazine rings is 1. The van der Waals surface area contributed by atoms with E-state index in [9.17, 15) is 4.79 Å². The van der Waals surface area contributed by atoms with Crippen molar-refractivity contribution in [2.45, 2.75) is 70.6 Å². The van der Waals surface area contributed by atoms with Gasteiger partial charge in [-0.05, 0) is 70.6 Å². The summed E-state index contributed by atoms with van der Waals surface area (Å²) in [6, 6.07) is 8.56. The third-order valence-corrected chi connectivity index (χ3v) is 6.79. The van der Waals surface area contributed by atoms with Gasteiger partial charge in [0, 0.05) is 38.4 Å². The SMILES string of the molecule is CC(C)(C)OC(=O)N1CCN(CCc2ccc(N3C(N)=NC(N)=NC34CCCCC4)cc2)CC1. The van der Waals surface area contributed by atoms with Crippen molar-refractivity contribution in [3.8, 4) is 0 Å². The van der Waals surface area contributed by atoms with E-state index >= 15 is 0 Å². The zero-order valence-corrected chi connectivity index (χ0v) is 20.8. The molecule has 0 radical (unpaired) electrons. The topological polar surface area (TPSA) is 113 Å². The van der Waals surface area contributed by atoms with Crippen molar-refractivity contribution < 1.29 is 9.53 Å². The minimum absolute atomic E-state index is 0.218. The molecule has 186 valence electrons. The fourth-order valence-electron chi connectivity index (χ4n) is 5.07. The van der Waals surface area contributed by atoms with Crippen LogP contribution in [0.15, 0.2) is 34.3 Å². The van der Waals surface area contributed by atoms with E-state index in [1.54, 1.807) is 4.90 Å². The fraction of sp³-hybridized carbons (Fsp3) is 0.640. The largest absolute Gasteiger partial charge is 0.444 e. The van der Waals surface area contributed by atoms with Crippen LogP contribution < -0.4 is 16.4 Å². The molecule has 1 amide bonds. The highest BCUT2D eigenvalue weighted by Crippen LogP contribution is 2.39. The Morgan fingerprint density at radius 2 is 1.68 bits per heavy atom. The van der Waals surface area contributed by atoms with Crippen LogP contribution in [0, 0.1) is 0 Å². The van der Waals surface area contributed by atoms with E-state index < -0.39 is 11.3 Å². The molecule has 0 aromatic heterocycles. The maximum Gasteiger partial charge on any atom is 0.410 e. The van der Waals surface area contributed by atoms with Gasteiger partial charge in [-0.25, -0.2) is 9.79 Å². The highest BCUT2D eigenvalue weighted by atomic mass is 16.6. The number of rotatable bonds is 4. The van der Waals surface area contributed by atoms with E-state index in [0.717, 1.165) is 57.4 Å². The molecular weight excluding hydrogens is 430 g/mol. The van der Waals surface area contributed by atoms with Gasteiger partial charge in [0.1, 0.15) is 11.3 Å². The first-order valence-electron chi connectivity index (χ1n) is 12.4.